The number of terminal acetylenes is 1. The van der Waals surface area contributed by atoms with Crippen molar-refractivity contribution in [1.82, 2.24) is 20.2 Å². The Hall–Kier alpha value is -4.51. The highest BCUT2D eigenvalue weighted by molar-refractivity contribution is 6.00. The second kappa shape index (κ2) is 15.5. The molecule has 4 atom stereocenters. The lowest BCUT2D eigenvalue weighted by atomic mass is 9.88. The quantitative estimate of drug-likeness (QED) is 0.216. The number of carbonyl (C=O) groups is 1. The number of aliphatic hydroxyl groups excluding tert-OH is 1. The Morgan fingerprint density at radius 2 is 2.02 bits per heavy atom. The molecular weight excluding hydrogens is 682 g/mol. The number of hydrogen-bond donors (Lipinski definition) is 3. The van der Waals surface area contributed by atoms with E-state index in [-0.39, 0.29) is 61.4 Å². The molecule has 1 unspecified atom stereocenters. The zero-order valence-corrected chi connectivity index (χ0v) is 30.2. The van der Waals surface area contributed by atoms with Gasteiger partial charge in [-0.15, -0.1) is 6.42 Å². The molecule has 0 aliphatic carbocycles. The van der Waals surface area contributed by atoms with Gasteiger partial charge < -0.3 is 34.8 Å². The van der Waals surface area contributed by atoms with E-state index in [0.29, 0.717) is 67.2 Å². The fourth-order valence-electron chi connectivity index (χ4n) is 8.76. The molecule has 4 aliphatic rings. The van der Waals surface area contributed by atoms with Gasteiger partial charge in [-0.1, -0.05) is 18.6 Å². The molecule has 4 aliphatic heterocycles. The molecule has 5 heterocycles. The van der Waals surface area contributed by atoms with Crippen molar-refractivity contribution in [3.63, 3.8) is 0 Å². The topological polar surface area (TPSA) is 124 Å². The Kier molecular flexibility index (Phi) is 10.7. The number of halogens is 2. The van der Waals surface area contributed by atoms with Crippen LogP contribution in [-0.2, 0) is 22.5 Å². The molecule has 0 saturated carbocycles. The first-order valence-corrected chi connectivity index (χ1v) is 18.6. The molecule has 2 aromatic carbocycles. The highest BCUT2D eigenvalue weighted by Crippen LogP contribution is 2.41. The molecule has 3 N–H and O–H groups in total. The molecular formula is C40H48F2N6O5. The zero-order valence-electron chi connectivity index (χ0n) is 30.2. The lowest BCUT2D eigenvalue weighted by Gasteiger charge is -2.45. The first-order chi connectivity index (χ1) is 25.6. The molecule has 1 aromatic heterocycles. The minimum absolute atomic E-state index is 0.0234. The van der Waals surface area contributed by atoms with Crippen molar-refractivity contribution in [3.05, 3.63) is 59.6 Å². The lowest BCUT2D eigenvalue weighted by molar-refractivity contribution is -0.117. The third kappa shape index (κ3) is 7.37. The van der Waals surface area contributed by atoms with Crippen LogP contribution in [0.1, 0.15) is 62.3 Å². The van der Waals surface area contributed by atoms with E-state index >= 15 is 8.78 Å². The summed E-state index contributed by atoms with van der Waals surface area (Å²) in [5.41, 5.74) is 1.32. The molecule has 1 amide bonds. The number of phenolic OH excluding ortho intramolecular Hbond substituents is 1. The first kappa shape index (κ1) is 36.8. The number of rotatable bonds is 9. The maximum atomic E-state index is 15.3. The van der Waals surface area contributed by atoms with Crippen LogP contribution in [0.25, 0.3) is 10.8 Å². The van der Waals surface area contributed by atoms with Crippen LogP contribution >= 0.6 is 0 Å². The number of fused-ring (bicyclic) bond motifs is 2. The molecule has 282 valence electrons. The first-order valence-electron chi connectivity index (χ1n) is 18.6. The van der Waals surface area contributed by atoms with E-state index < -0.39 is 23.6 Å². The Morgan fingerprint density at radius 3 is 2.77 bits per heavy atom. The molecule has 11 nitrogen and oxygen atoms in total. The Bertz CT molecular complexity index is 1900. The predicted octanol–water partition coefficient (Wildman–Crippen LogP) is 4.40. The molecule has 0 radical (unpaired) electrons. The lowest BCUT2D eigenvalue weighted by Crippen LogP contribution is -2.60. The van der Waals surface area contributed by atoms with Crippen molar-refractivity contribution in [2.45, 2.75) is 88.3 Å². The number of amides is 1. The fraction of sp³-hybridized carbons (Fsp3) is 0.525. The zero-order chi connectivity index (χ0) is 37.3. The van der Waals surface area contributed by atoms with E-state index in [4.69, 9.17) is 25.9 Å². The standard InChI is InChI=1S/C40H48F2N6O5/c1-4-31-33(42)10-9-26-18-30(50)19-35(37(26)31)46-15-11-32-34(23-46)44-39(45-38(32)47-14-7-6-8-28(22-47)43-36(51)5-2)53-24-40(25(3)49)20-27(41)21-48(40)29-12-16-52-17-13-29/h1,5,9-10,18-19,25,27-29,49-50H,2,6-8,11-17,20-24H2,3H3,(H,43,51)/t25-,27+,28?,40-/m0/s1. The number of aromatic nitrogens is 2. The number of alkyl halides is 1. The van der Waals surface area contributed by atoms with Crippen molar-refractivity contribution in [2.24, 2.45) is 0 Å². The number of nitrogens with one attached hydrogen (secondary N) is 1. The van der Waals surface area contributed by atoms with Crippen LogP contribution in [0.15, 0.2) is 36.9 Å². The second-order valence-electron chi connectivity index (χ2n) is 14.8. The third-order valence-electron chi connectivity index (χ3n) is 11.4. The van der Waals surface area contributed by atoms with E-state index in [1.807, 2.05) is 4.90 Å². The SMILES string of the molecule is C#Cc1c(F)ccc2cc(O)cc(N3CCc4c(nc(OC[C@]5([C@H](C)O)C[C@@H](F)CN5C5CCOCC5)nc4N4CCCCC(NC(=O)C=C)C4)C3)c12. The highest BCUT2D eigenvalue weighted by atomic mass is 19.1. The van der Waals surface area contributed by atoms with Crippen LogP contribution in [0.3, 0.4) is 0 Å². The Labute approximate surface area is 309 Å². The molecule has 3 fully saturated rings. The monoisotopic (exact) mass is 730 g/mol. The molecule has 3 aromatic rings. The minimum Gasteiger partial charge on any atom is -0.508 e. The van der Waals surface area contributed by atoms with Crippen molar-refractivity contribution in [3.8, 4) is 24.1 Å². The van der Waals surface area contributed by atoms with Crippen LogP contribution < -0.4 is 19.9 Å². The van der Waals surface area contributed by atoms with Crippen LogP contribution in [-0.4, -0.2) is 107 Å². The summed E-state index contributed by atoms with van der Waals surface area (Å²) in [5.74, 6) is 2.47. The van der Waals surface area contributed by atoms with Crippen molar-refractivity contribution in [2.75, 3.05) is 55.8 Å². The summed E-state index contributed by atoms with van der Waals surface area (Å²) in [6, 6.07) is 6.09. The van der Waals surface area contributed by atoms with Crippen molar-refractivity contribution < 1.29 is 33.3 Å². The molecule has 7 rings (SSSR count). The number of anilines is 2. The van der Waals surface area contributed by atoms with Gasteiger partial charge in [-0.05, 0) is 69.0 Å². The van der Waals surface area contributed by atoms with Crippen molar-refractivity contribution >= 4 is 28.2 Å². The maximum Gasteiger partial charge on any atom is 0.318 e. The predicted molar refractivity (Wildman–Crippen MR) is 198 cm³/mol. The van der Waals surface area contributed by atoms with Gasteiger partial charge in [-0.25, -0.2) is 8.78 Å². The highest BCUT2D eigenvalue weighted by Gasteiger charge is 2.52. The van der Waals surface area contributed by atoms with Gasteiger partial charge in [-0.3, -0.25) is 9.69 Å². The van der Waals surface area contributed by atoms with E-state index in [1.165, 1.54) is 12.1 Å². The van der Waals surface area contributed by atoms with Gasteiger partial charge in [0.05, 0.1) is 29.4 Å². The maximum absolute atomic E-state index is 15.3. The Balaban J connectivity index is 1.27. The summed E-state index contributed by atoms with van der Waals surface area (Å²) >= 11 is 0. The normalized spacial score (nSPS) is 24.7. The number of aromatic hydroxyl groups is 1. The summed E-state index contributed by atoms with van der Waals surface area (Å²) in [6.07, 6.45) is 9.79. The van der Waals surface area contributed by atoms with E-state index in [9.17, 15) is 15.0 Å². The summed E-state index contributed by atoms with van der Waals surface area (Å²) < 4.78 is 42.4. The molecule has 13 heteroatoms. The smallest absolute Gasteiger partial charge is 0.318 e. The van der Waals surface area contributed by atoms with Gasteiger partial charge >= 0.3 is 6.01 Å². The van der Waals surface area contributed by atoms with Crippen LogP contribution in [0, 0.1) is 18.2 Å². The average molecular weight is 731 g/mol. The molecule has 3 saturated heterocycles. The number of nitrogens with zero attached hydrogens (tertiary/aromatic N) is 5. The number of likely N-dealkylation sites (tertiary alicyclic amines) is 1. The van der Waals surface area contributed by atoms with Crippen LogP contribution in [0.4, 0.5) is 20.3 Å². The molecule has 0 spiro atoms. The van der Waals surface area contributed by atoms with Gasteiger partial charge in [0.25, 0.3) is 0 Å². The van der Waals surface area contributed by atoms with Gasteiger partial charge in [0.2, 0.25) is 5.91 Å². The number of hydrogen-bond acceptors (Lipinski definition) is 10. The van der Waals surface area contributed by atoms with E-state index in [2.05, 4.69) is 27.6 Å². The molecule has 53 heavy (non-hydrogen) atoms. The number of ether oxygens (including phenoxy) is 2. The van der Waals surface area contributed by atoms with Crippen molar-refractivity contribution in [1.29, 1.82) is 0 Å². The number of benzene rings is 2. The van der Waals surface area contributed by atoms with Crippen LogP contribution in [0.5, 0.6) is 11.8 Å². The number of carbonyl (C=O) groups excluding carboxylic acids is 1. The van der Waals surface area contributed by atoms with E-state index in [1.54, 1.807) is 25.1 Å². The Morgan fingerprint density at radius 1 is 1.21 bits per heavy atom. The average Bonchev–Trinajstić information content (AvgIpc) is 3.34. The largest absolute Gasteiger partial charge is 0.508 e. The van der Waals surface area contributed by atoms with Gasteiger partial charge in [0.15, 0.2) is 0 Å². The van der Waals surface area contributed by atoms with E-state index in [0.717, 1.165) is 37.7 Å². The third-order valence-corrected chi connectivity index (χ3v) is 11.4. The number of phenols is 1. The van der Waals surface area contributed by atoms with Gasteiger partial charge in [0, 0.05) is 80.6 Å². The summed E-state index contributed by atoms with van der Waals surface area (Å²) in [6.45, 7) is 8.66. The van der Waals surface area contributed by atoms with Gasteiger partial charge in [0.1, 0.15) is 30.2 Å². The second-order valence-corrected chi connectivity index (χ2v) is 14.8. The summed E-state index contributed by atoms with van der Waals surface area (Å²) in [7, 11) is 0. The molecule has 0 bridgehead atoms. The number of aliphatic hydroxyl groups is 1. The fourth-order valence-corrected chi connectivity index (χ4v) is 8.76. The minimum atomic E-state index is -1.13. The van der Waals surface area contributed by atoms with Crippen LogP contribution in [0.2, 0.25) is 0 Å². The summed E-state index contributed by atoms with van der Waals surface area (Å²) in [4.78, 5) is 28.5. The summed E-state index contributed by atoms with van der Waals surface area (Å²) in [5, 5.41) is 26.2. The van der Waals surface area contributed by atoms with Gasteiger partial charge in [-0.2, -0.15) is 9.97 Å².